The van der Waals surface area contributed by atoms with Crippen LogP contribution < -0.4 is 5.32 Å². The molecule has 0 unspecified atom stereocenters. The minimum Gasteiger partial charge on any atom is -0.352 e. The highest BCUT2D eigenvalue weighted by Gasteiger charge is 2.29. The number of sulfonamides is 1. The minimum atomic E-state index is -3.48. The second-order valence-corrected chi connectivity index (χ2v) is 9.05. The number of carbonyl (C=O) groups excluding carboxylic acids is 1. The molecule has 0 aromatic carbocycles. The van der Waals surface area contributed by atoms with Crippen molar-refractivity contribution in [2.24, 2.45) is 5.92 Å². The van der Waals surface area contributed by atoms with Crippen molar-refractivity contribution in [3.63, 3.8) is 0 Å². The lowest BCUT2D eigenvalue weighted by Gasteiger charge is -2.31. The molecule has 3 rings (SSSR count). The van der Waals surface area contributed by atoms with Gasteiger partial charge in [0.2, 0.25) is 15.9 Å². The molecule has 3 heterocycles. The molecule has 138 valence electrons. The van der Waals surface area contributed by atoms with Gasteiger partial charge in [-0.05, 0) is 48.4 Å². The molecule has 2 aromatic rings. The second kappa shape index (κ2) is 8.57. The maximum absolute atomic E-state index is 12.6. The highest BCUT2D eigenvalue weighted by molar-refractivity contribution is 7.89. The van der Waals surface area contributed by atoms with Crippen molar-refractivity contribution < 1.29 is 13.2 Å². The van der Waals surface area contributed by atoms with Gasteiger partial charge in [0, 0.05) is 43.0 Å². The van der Waals surface area contributed by atoms with Crippen LogP contribution in [-0.4, -0.2) is 43.2 Å². The summed E-state index contributed by atoms with van der Waals surface area (Å²) in [6.07, 6.45) is 7.72. The third-order valence-corrected chi connectivity index (χ3v) is 7.07. The van der Waals surface area contributed by atoms with Gasteiger partial charge in [-0.15, -0.1) is 11.3 Å². The molecule has 1 aliphatic rings. The molecule has 1 amide bonds. The predicted octanol–water partition coefficient (Wildman–Crippen LogP) is 2.37. The van der Waals surface area contributed by atoms with E-state index in [0.29, 0.717) is 19.6 Å². The lowest BCUT2D eigenvalue weighted by atomic mass is 9.98. The number of amides is 1. The number of rotatable bonds is 6. The smallest absolute Gasteiger partial charge is 0.244 e. The number of piperidine rings is 1. The number of carbonyl (C=O) groups is 1. The van der Waals surface area contributed by atoms with Crippen molar-refractivity contribution in [3.05, 3.63) is 53.0 Å². The molecule has 8 heteroatoms. The number of thiophene rings is 1. The normalized spacial score (nSPS) is 16.8. The van der Waals surface area contributed by atoms with Crippen molar-refractivity contribution >= 4 is 33.3 Å². The van der Waals surface area contributed by atoms with Crippen molar-refractivity contribution in [1.29, 1.82) is 0 Å². The molecule has 0 spiro atoms. The molecule has 6 nitrogen and oxygen atoms in total. The van der Waals surface area contributed by atoms with Crippen LogP contribution in [0.15, 0.2) is 53.0 Å². The zero-order chi connectivity index (χ0) is 18.4. The summed E-state index contributed by atoms with van der Waals surface area (Å²) in [5.74, 6) is 0.165. The van der Waals surface area contributed by atoms with Gasteiger partial charge >= 0.3 is 0 Å². The fraction of sp³-hybridized carbons (Fsp3) is 0.333. The van der Waals surface area contributed by atoms with Gasteiger partial charge in [0.25, 0.3) is 0 Å². The Labute approximate surface area is 157 Å². The second-order valence-electron chi connectivity index (χ2n) is 6.13. The number of hydrogen-bond acceptors (Lipinski definition) is 5. The Bertz CT molecular complexity index is 841. The van der Waals surface area contributed by atoms with Crippen LogP contribution in [-0.2, 0) is 14.8 Å². The average Bonchev–Trinajstić information content (AvgIpc) is 3.19. The minimum absolute atomic E-state index is 0.121. The van der Waals surface area contributed by atoms with Crippen molar-refractivity contribution in [2.75, 3.05) is 19.6 Å². The quantitative estimate of drug-likeness (QED) is 0.767. The highest BCUT2D eigenvalue weighted by Crippen LogP contribution is 2.23. The van der Waals surface area contributed by atoms with Crippen LogP contribution >= 0.6 is 11.3 Å². The number of hydrogen-bond donors (Lipinski definition) is 1. The molecular formula is C18H21N3O3S2. The number of nitrogens with one attached hydrogen (secondary N) is 1. The highest BCUT2D eigenvalue weighted by atomic mass is 32.2. The molecule has 0 saturated carbocycles. The number of pyridine rings is 1. The van der Waals surface area contributed by atoms with Crippen LogP contribution in [0.1, 0.15) is 17.7 Å². The lowest BCUT2D eigenvalue weighted by Crippen LogP contribution is -2.41. The van der Waals surface area contributed by atoms with E-state index in [0.717, 1.165) is 17.7 Å². The summed E-state index contributed by atoms with van der Waals surface area (Å²) in [4.78, 5) is 17.0. The zero-order valence-corrected chi connectivity index (χ0v) is 15.9. The first-order valence-electron chi connectivity index (χ1n) is 8.45. The van der Waals surface area contributed by atoms with Gasteiger partial charge in [0.15, 0.2) is 0 Å². The molecule has 0 radical (unpaired) electrons. The Balaban J connectivity index is 1.46. The van der Waals surface area contributed by atoms with Gasteiger partial charge < -0.3 is 5.32 Å². The van der Waals surface area contributed by atoms with E-state index in [9.17, 15) is 13.2 Å². The summed E-state index contributed by atoms with van der Waals surface area (Å²) in [6, 6.07) is 7.08. The van der Waals surface area contributed by atoms with E-state index in [1.165, 1.54) is 16.6 Å². The van der Waals surface area contributed by atoms with Crippen LogP contribution in [0, 0.1) is 5.92 Å². The van der Waals surface area contributed by atoms with Crippen molar-refractivity contribution in [1.82, 2.24) is 14.6 Å². The van der Waals surface area contributed by atoms with Crippen LogP contribution in [0.25, 0.3) is 6.08 Å². The summed E-state index contributed by atoms with van der Waals surface area (Å²) in [6.45, 7) is 1.49. The monoisotopic (exact) mass is 391 g/mol. The van der Waals surface area contributed by atoms with E-state index in [4.69, 9.17) is 0 Å². The first-order chi connectivity index (χ1) is 12.6. The molecule has 1 aliphatic heterocycles. The first-order valence-corrected chi connectivity index (χ1v) is 10.8. The van der Waals surface area contributed by atoms with Crippen LogP contribution in [0.5, 0.6) is 0 Å². The number of nitrogens with zero attached hydrogens (tertiary/aromatic N) is 2. The zero-order valence-electron chi connectivity index (χ0n) is 14.2. The fourth-order valence-electron chi connectivity index (χ4n) is 2.85. The third-order valence-electron chi connectivity index (χ3n) is 4.35. The Kier molecular flexibility index (Phi) is 6.18. The fourth-order valence-corrected chi connectivity index (χ4v) is 4.90. The molecule has 2 aromatic heterocycles. The van der Waals surface area contributed by atoms with Gasteiger partial charge in [0.05, 0.1) is 0 Å². The molecule has 0 aliphatic carbocycles. The standard InChI is InChI=1S/C18H21N3O3S2/c22-18(6-5-16-3-2-12-25-16)20-13-15-7-10-21(11-8-15)26(23,24)17-4-1-9-19-14-17/h1-6,9,12,14-15H,7-8,10-11,13H2,(H,20,22). The van der Waals surface area contributed by atoms with Gasteiger partial charge in [-0.3, -0.25) is 9.78 Å². The van der Waals surface area contributed by atoms with Gasteiger partial charge in [-0.25, -0.2) is 8.42 Å². The Morgan fingerprint density at radius 1 is 1.31 bits per heavy atom. The summed E-state index contributed by atoms with van der Waals surface area (Å²) >= 11 is 1.58. The molecule has 0 atom stereocenters. The molecule has 26 heavy (non-hydrogen) atoms. The summed E-state index contributed by atoms with van der Waals surface area (Å²) in [7, 11) is -3.48. The molecule has 1 N–H and O–H groups in total. The lowest BCUT2D eigenvalue weighted by molar-refractivity contribution is -0.116. The van der Waals surface area contributed by atoms with Gasteiger partial charge in [0.1, 0.15) is 4.90 Å². The molecular weight excluding hydrogens is 370 g/mol. The molecule has 0 bridgehead atoms. The molecule has 1 saturated heterocycles. The maximum atomic E-state index is 12.6. The average molecular weight is 392 g/mol. The predicted molar refractivity (Wildman–Crippen MR) is 102 cm³/mol. The van der Waals surface area contributed by atoms with E-state index in [1.807, 2.05) is 17.5 Å². The SMILES string of the molecule is O=C(C=Cc1cccs1)NCC1CCN(S(=O)(=O)c2cccnc2)CC1. The van der Waals surface area contributed by atoms with Gasteiger partial charge in [-0.2, -0.15) is 4.31 Å². The van der Waals surface area contributed by atoms with Crippen molar-refractivity contribution in [3.8, 4) is 0 Å². The molecule has 1 fully saturated rings. The van der Waals surface area contributed by atoms with E-state index in [2.05, 4.69) is 10.3 Å². The first kappa shape index (κ1) is 18.8. The maximum Gasteiger partial charge on any atom is 0.244 e. The van der Waals surface area contributed by atoms with Crippen LogP contribution in [0.2, 0.25) is 0 Å². The van der Waals surface area contributed by atoms with E-state index in [-0.39, 0.29) is 16.7 Å². The van der Waals surface area contributed by atoms with Gasteiger partial charge in [-0.1, -0.05) is 6.07 Å². The van der Waals surface area contributed by atoms with E-state index in [1.54, 1.807) is 35.7 Å². The summed E-state index contributed by atoms with van der Waals surface area (Å²) < 4.78 is 26.6. The largest absolute Gasteiger partial charge is 0.352 e. The van der Waals surface area contributed by atoms with E-state index >= 15 is 0 Å². The third kappa shape index (κ3) is 4.78. The Hall–Kier alpha value is -2.03. The van der Waals surface area contributed by atoms with Crippen LogP contribution in [0.3, 0.4) is 0 Å². The summed E-state index contributed by atoms with van der Waals surface area (Å²) in [5, 5.41) is 4.86. The topological polar surface area (TPSA) is 79.4 Å². The Morgan fingerprint density at radius 2 is 2.12 bits per heavy atom. The van der Waals surface area contributed by atoms with Crippen LogP contribution in [0.4, 0.5) is 0 Å². The Morgan fingerprint density at radius 3 is 2.77 bits per heavy atom. The van der Waals surface area contributed by atoms with Crippen molar-refractivity contribution in [2.45, 2.75) is 17.7 Å². The van der Waals surface area contributed by atoms with E-state index < -0.39 is 10.0 Å². The summed E-state index contributed by atoms with van der Waals surface area (Å²) in [5.41, 5.74) is 0. The number of aromatic nitrogens is 1.